The summed E-state index contributed by atoms with van der Waals surface area (Å²) in [7, 11) is 0. The minimum atomic E-state index is -1.24. The second kappa shape index (κ2) is 5.86. The van der Waals surface area contributed by atoms with Gasteiger partial charge in [-0.1, -0.05) is 69.0 Å². The van der Waals surface area contributed by atoms with Crippen LogP contribution in [0.1, 0.15) is 50.8 Å². The Bertz CT molecular complexity index is 624. The molecule has 0 fully saturated rings. The molecule has 2 heteroatoms. The molecule has 1 aliphatic carbocycles. The molecule has 1 aromatic rings. The van der Waals surface area contributed by atoms with Crippen molar-refractivity contribution in [3.8, 4) is 0 Å². The van der Waals surface area contributed by atoms with E-state index in [-0.39, 0.29) is 0 Å². The fourth-order valence-corrected chi connectivity index (χ4v) is 3.70. The van der Waals surface area contributed by atoms with Crippen molar-refractivity contribution in [1.82, 2.24) is 0 Å². The predicted molar refractivity (Wildman–Crippen MR) is 92.4 cm³/mol. The van der Waals surface area contributed by atoms with Gasteiger partial charge in [0.05, 0.1) is 0 Å². The van der Waals surface area contributed by atoms with E-state index in [4.69, 9.17) is 0 Å². The van der Waals surface area contributed by atoms with Gasteiger partial charge in [0.25, 0.3) is 0 Å². The van der Waals surface area contributed by atoms with Crippen molar-refractivity contribution in [2.75, 3.05) is 0 Å². The molecule has 0 bridgehead atoms. The van der Waals surface area contributed by atoms with E-state index in [2.05, 4.69) is 20.1 Å². The minimum absolute atomic E-state index is 0.524. The number of benzene rings is 1. The van der Waals surface area contributed by atoms with Gasteiger partial charge in [0.15, 0.2) is 0 Å². The van der Waals surface area contributed by atoms with Gasteiger partial charge >= 0.3 is 0 Å². The van der Waals surface area contributed by atoms with Gasteiger partial charge in [0.2, 0.25) is 0 Å². The van der Waals surface area contributed by atoms with Gasteiger partial charge in [-0.2, -0.15) is 0 Å². The second-order valence-electron chi connectivity index (χ2n) is 6.68. The third-order valence-corrected chi connectivity index (χ3v) is 5.26. The quantitative estimate of drug-likeness (QED) is 0.864. The minimum Gasteiger partial charge on any atom is -0.386 e. The molecule has 0 unspecified atom stereocenters. The maximum atomic E-state index is 11.4. The largest absolute Gasteiger partial charge is 0.386 e. The molecule has 0 amide bonds. The molecule has 0 saturated carbocycles. The highest BCUT2D eigenvalue weighted by atomic mass is 16.3. The lowest BCUT2D eigenvalue weighted by atomic mass is 9.59. The average molecular weight is 298 g/mol. The van der Waals surface area contributed by atoms with Crippen LogP contribution < -0.4 is 0 Å². The van der Waals surface area contributed by atoms with Gasteiger partial charge < -0.3 is 10.2 Å². The SMILES string of the molecule is C=CC1=C(C)CC[C@@](O)([C@@H](O)c2ccccc2C=C)C1(C)C. The Labute approximate surface area is 133 Å². The predicted octanol–water partition coefficient (Wildman–Crippen LogP) is 4.42. The van der Waals surface area contributed by atoms with E-state index in [1.807, 2.05) is 44.2 Å². The van der Waals surface area contributed by atoms with Crippen molar-refractivity contribution in [3.63, 3.8) is 0 Å². The van der Waals surface area contributed by atoms with Gasteiger partial charge in [-0.3, -0.25) is 0 Å². The second-order valence-corrected chi connectivity index (χ2v) is 6.68. The molecular weight excluding hydrogens is 272 g/mol. The third-order valence-electron chi connectivity index (χ3n) is 5.26. The summed E-state index contributed by atoms with van der Waals surface area (Å²) in [6.45, 7) is 13.7. The van der Waals surface area contributed by atoms with Gasteiger partial charge in [-0.15, -0.1) is 0 Å². The number of aliphatic hydroxyl groups is 2. The van der Waals surface area contributed by atoms with Crippen LogP contribution in [0.5, 0.6) is 0 Å². The van der Waals surface area contributed by atoms with Crippen LogP contribution in [0.3, 0.4) is 0 Å². The molecule has 0 saturated heterocycles. The van der Waals surface area contributed by atoms with Gasteiger partial charge in [0.1, 0.15) is 11.7 Å². The first-order chi connectivity index (χ1) is 10.3. The molecule has 22 heavy (non-hydrogen) atoms. The molecule has 2 nitrogen and oxygen atoms in total. The smallest absolute Gasteiger partial charge is 0.109 e. The number of hydrogen-bond acceptors (Lipinski definition) is 2. The number of allylic oxidation sites excluding steroid dienone is 2. The maximum Gasteiger partial charge on any atom is 0.109 e. The number of hydrogen-bond donors (Lipinski definition) is 2. The van der Waals surface area contributed by atoms with Crippen LogP contribution in [0.15, 0.2) is 54.6 Å². The van der Waals surface area contributed by atoms with Crippen LogP contribution >= 0.6 is 0 Å². The Morgan fingerprint density at radius 3 is 2.41 bits per heavy atom. The molecule has 0 heterocycles. The Kier molecular flexibility index (Phi) is 4.46. The molecule has 1 aliphatic rings. The summed E-state index contributed by atoms with van der Waals surface area (Å²) in [6.07, 6.45) is 3.84. The zero-order chi connectivity index (χ0) is 16.5. The maximum absolute atomic E-state index is 11.4. The van der Waals surface area contributed by atoms with E-state index < -0.39 is 17.1 Å². The molecule has 0 aliphatic heterocycles. The number of aliphatic hydroxyl groups excluding tert-OH is 1. The van der Waals surface area contributed by atoms with Crippen LogP contribution in [0.2, 0.25) is 0 Å². The Balaban J connectivity index is 2.55. The summed E-state index contributed by atoms with van der Waals surface area (Å²) in [5, 5.41) is 22.4. The standard InChI is InChI=1S/C20H26O2/c1-6-15-10-8-9-11-16(15)18(21)20(22)13-12-14(3)17(7-2)19(20,4)5/h6-11,18,21-22H,1-2,12-13H2,3-5H3/t18-,20+/m0/s1. The van der Waals surface area contributed by atoms with Crippen molar-refractivity contribution in [1.29, 1.82) is 0 Å². The highest BCUT2D eigenvalue weighted by molar-refractivity contribution is 5.53. The molecular formula is C20H26O2. The lowest BCUT2D eigenvalue weighted by Crippen LogP contribution is -2.52. The van der Waals surface area contributed by atoms with E-state index in [0.717, 1.165) is 23.1 Å². The Morgan fingerprint density at radius 1 is 1.18 bits per heavy atom. The van der Waals surface area contributed by atoms with Gasteiger partial charge in [-0.05, 0) is 36.5 Å². The van der Waals surface area contributed by atoms with Crippen molar-refractivity contribution >= 4 is 6.08 Å². The molecule has 2 rings (SSSR count). The molecule has 2 atom stereocenters. The molecule has 0 radical (unpaired) electrons. The monoisotopic (exact) mass is 298 g/mol. The zero-order valence-electron chi connectivity index (χ0n) is 13.8. The summed E-state index contributed by atoms with van der Waals surface area (Å²) in [4.78, 5) is 0. The van der Waals surface area contributed by atoms with Crippen molar-refractivity contribution < 1.29 is 10.2 Å². The Hall–Kier alpha value is -1.64. The van der Waals surface area contributed by atoms with Crippen molar-refractivity contribution in [2.24, 2.45) is 5.41 Å². The molecule has 0 aromatic heterocycles. The summed E-state index contributed by atoms with van der Waals surface area (Å²) in [5.74, 6) is 0. The van der Waals surface area contributed by atoms with Crippen LogP contribution in [-0.4, -0.2) is 15.8 Å². The van der Waals surface area contributed by atoms with Gasteiger partial charge in [0, 0.05) is 5.41 Å². The third kappa shape index (κ3) is 2.37. The summed E-state index contributed by atoms with van der Waals surface area (Å²) < 4.78 is 0. The fraction of sp³-hybridized carbons (Fsp3) is 0.400. The lowest BCUT2D eigenvalue weighted by molar-refractivity contribution is -0.146. The molecule has 118 valence electrons. The molecule has 0 spiro atoms. The van der Waals surface area contributed by atoms with E-state index in [0.29, 0.717) is 6.42 Å². The normalized spacial score (nSPS) is 25.7. The first-order valence-corrected chi connectivity index (χ1v) is 7.74. The summed E-state index contributed by atoms with van der Waals surface area (Å²) in [6, 6.07) is 7.54. The fourth-order valence-electron chi connectivity index (χ4n) is 3.70. The van der Waals surface area contributed by atoms with Crippen LogP contribution in [0.4, 0.5) is 0 Å². The van der Waals surface area contributed by atoms with Crippen LogP contribution in [0, 0.1) is 5.41 Å². The highest BCUT2D eigenvalue weighted by Gasteiger charge is 2.53. The lowest BCUT2D eigenvalue weighted by Gasteiger charge is -2.50. The van der Waals surface area contributed by atoms with Crippen LogP contribution in [-0.2, 0) is 0 Å². The van der Waals surface area contributed by atoms with E-state index in [1.54, 1.807) is 6.08 Å². The summed E-state index contributed by atoms with van der Waals surface area (Å²) >= 11 is 0. The number of rotatable bonds is 4. The topological polar surface area (TPSA) is 40.5 Å². The Morgan fingerprint density at radius 2 is 1.82 bits per heavy atom. The first-order valence-electron chi connectivity index (χ1n) is 7.74. The van der Waals surface area contributed by atoms with Crippen molar-refractivity contribution in [2.45, 2.75) is 45.3 Å². The first kappa shape index (κ1) is 16.7. The van der Waals surface area contributed by atoms with Crippen LogP contribution in [0.25, 0.3) is 6.08 Å². The molecule has 2 N–H and O–H groups in total. The average Bonchev–Trinajstić information content (AvgIpc) is 2.50. The van der Waals surface area contributed by atoms with Crippen molar-refractivity contribution in [3.05, 3.63) is 65.8 Å². The molecule has 1 aromatic carbocycles. The zero-order valence-corrected chi connectivity index (χ0v) is 13.8. The highest BCUT2D eigenvalue weighted by Crippen LogP contribution is 2.53. The summed E-state index contributed by atoms with van der Waals surface area (Å²) in [5.41, 5.74) is 2.01. The van der Waals surface area contributed by atoms with E-state index in [9.17, 15) is 10.2 Å². The van der Waals surface area contributed by atoms with E-state index in [1.165, 1.54) is 5.57 Å². The van der Waals surface area contributed by atoms with Gasteiger partial charge in [-0.25, -0.2) is 0 Å². The van der Waals surface area contributed by atoms with E-state index >= 15 is 0 Å².